The van der Waals surface area contributed by atoms with Crippen molar-refractivity contribution in [1.82, 2.24) is 15.5 Å². The van der Waals surface area contributed by atoms with Crippen LogP contribution >= 0.6 is 22.9 Å². The highest BCUT2D eigenvalue weighted by atomic mass is 35.5. The summed E-state index contributed by atoms with van der Waals surface area (Å²) in [5.41, 5.74) is 0. The molecule has 84 valence electrons. The van der Waals surface area contributed by atoms with E-state index < -0.39 is 0 Å². The Balaban J connectivity index is 2.00. The fourth-order valence-electron chi connectivity index (χ4n) is 1.81. The van der Waals surface area contributed by atoms with Crippen molar-refractivity contribution in [2.24, 2.45) is 5.92 Å². The molecule has 7 heteroatoms. The van der Waals surface area contributed by atoms with E-state index >= 15 is 0 Å². The summed E-state index contributed by atoms with van der Waals surface area (Å²) in [5, 5.41) is 19.1. The van der Waals surface area contributed by atoms with Crippen LogP contribution < -0.4 is 5.32 Å². The molecule has 1 aliphatic rings. The molecule has 5 nitrogen and oxygen atoms in total. The number of aromatic nitrogens is 2. The molecular formula is C9H9ClN4OS. The molecule has 1 fully saturated rings. The standard InChI is InChI=1S/C9H9ClN4OS/c10-9-14-13-8(16-9)7(15)12-6-3-1-2-5(6)4-11/h5-6H,1-3H2,(H,12,15). The summed E-state index contributed by atoms with van der Waals surface area (Å²) in [6.07, 6.45) is 2.66. The first-order chi connectivity index (χ1) is 7.70. The molecule has 0 spiro atoms. The first-order valence-electron chi connectivity index (χ1n) is 4.90. The van der Waals surface area contributed by atoms with E-state index in [1.165, 1.54) is 0 Å². The zero-order valence-electron chi connectivity index (χ0n) is 8.31. The molecule has 0 saturated heterocycles. The first kappa shape index (κ1) is 11.3. The van der Waals surface area contributed by atoms with Crippen molar-refractivity contribution in [3.05, 3.63) is 9.47 Å². The van der Waals surface area contributed by atoms with Crippen LogP contribution in [-0.2, 0) is 0 Å². The lowest BCUT2D eigenvalue weighted by molar-refractivity contribution is 0.0931. The molecule has 2 rings (SSSR count). The molecule has 2 atom stereocenters. The molecule has 0 radical (unpaired) electrons. The van der Waals surface area contributed by atoms with Crippen molar-refractivity contribution in [2.75, 3.05) is 0 Å². The molecule has 1 N–H and O–H groups in total. The van der Waals surface area contributed by atoms with Gasteiger partial charge >= 0.3 is 0 Å². The Labute approximate surface area is 101 Å². The Hall–Kier alpha value is -1.19. The SMILES string of the molecule is N#CC1CCCC1NC(=O)c1nnc(Cl)s1. The largest absolute Gasteiger partial charge is 0.346 e. The summed E-state index contributed by atoms with van der Waals surface area (Å²) in [7, 11) is 0. The van der Waals surface area contributed by atoms with Crippen molar-refractivity contribution >= 4 is 28.8 Å². The number of amides is 1. The highest BCUT2D eigenvalue weighted by molar-refractivity contribution is 7.17. The van der Waals surface area contributed by atoms with Gasteiger partial charge in [-0.3, -0.25) is 4.79 Å². The normalized spacial score (nSPS) is 24.0. The second-order valence-electron chi connectivity index (χ2n) is 3.61. The molecule has 0 aromatic carbocycles. The summed E-state index contributed by atoms with van der Waals surface area (Å²) in [5.74, 6) is -0.385. The average molecular weight is 257 g/mol. The molecule has 1 aliphatic carbocycles. The topological polar surface area (TPSA) is 78.7 Å². The van der Waals surface area contributed by atoms with E-state index in [1.54, 1.807) is 0 Å². The Kier molecular flexibility index (Phi) is 3.36. The third-order valence-electron chi connectivity index (χ3n) is 2.59. The van der Waals surface area contributed by atoms with E-state index in [2.05, 4.69) is 21.6 Å². The van der Waals surface area contributed by atoms with Gasteiger partial charge in [-0.15, -0.1) is 10.2 Å². The van der Waals surface area contributed by atoms with Crippen LogP contribution in [0.5, 0.6) is 0 Å². The van der Waals surface area contributed by atoms with E-state index in [1.807, 2.05) is 0 Å². The van der Waals surface area contributed by atoms with Crippen molar-refractivity contribution in [3.63, 3.8) is 0 Å². The van der Waals surface area contributed by atoms with Gasteiger partial charge in [0, 0.05) is 6.04 Å². The fraction of sp³-hybridized carbons (Fsp3) is 0.556. The highest BCUT2D eigenvalue weighted by Gasteiger charge is 2.29. The minimum Gasteiger partial charge on any atom is -0.346 e. The number of carbonyl (C=O) groups is 1. The number of nitrogens with one attached hydrogen (secondary N) is 1. The molecule has 1 amide bonds. The van der Waals surface area contributed by atoms with Gasteiger partial charge in [0.1, 0.15) is 0 Å². The number of nitrogens with zero attached hydrogens (tertiary/aromatic N) is 3. The molecule has 1 aromatic heterocycles. The number of carbonyl (C=O) groups excluding carboxylic acids is 1. The van der Waals surface area contributed by atoms with Crippen LogP contribution in [0.1, 0.15) is 29.1 Å². The zero-order chi connectivity index (χ0) is 11.5. The first-order valence-corrected chi connectivity index (χ1v) is 6.09. The van der Waals surface area contributed by atoms with Gasteiger partial charge < -0.3 is 5.32 Å². The molecule has 0 bridgehead atoms. The Morgan fingerprint density at radius 2 is 2.38 bits per heavy atom. The number of rotatable bonds is 2. The van der Waals surface area contributed by atoms with Gasteiger partial charge in [0.2, 0.25) is 9.47 Å². The molecule has 1 aromatic rings. The highest BCUT2D eigenvalue weighted by Crippen LogP contribution is 2.25. The summed E-state index contributed by atoms with van der Waals surface area (Å²) >= 11 is 6.63. The van der Waals surface area contributed by atoms with Crippen LogP contribution in [0, 0.1) is 17.2 Å². The van der Waals surface area contributed by atoms with Crippen LogP contribution in [0.2, 0.25) is 4.47 Å². The monoisotopic (exact) mass is 256 g/mol. The van der Waals surface area contributed by atoms with Crippen LogP contribution in [0.15, 0.2) is 0 Å². The van der Waals surface area contributed by atoms with Crippen molar-refractivity contribution in [2.45, 2.75) is 25.3 Å². The van der Waals surface area contributed by atoms with Crippen LogP contribution in [0.3, 0.4) is 0 Å². The lowest BCUT2D eigenvalue weighted by Gasteiger charge is -2.13. The van der Waals surface area contributed by atoms with Crippen molar-refractivity contribution < 1.29 is 4.79 Å². The Morgan fingerprint density at radius 1 is 1.56 bits per heavy atom. The van der Waals surface area contributed by atoms with Gasteiger partial charge in [0.05, 0.1) is 12.0 Å². The van der Waals surface area contributed by atoms with E-state index in [4.69, 9.17) is 16.9 Å². The average Bonchev–Trinajstić information content (AvgIpc) is 2.86. The van der Waals surface area contributed by atoms with E-state index in [0.717, 1.165) is 30.6 Å². The third kappa shape index (κ3) is 2.31. The maximum Gasteiger partial charge on any atom is 0.282 e. The number of halogens is 1. The predicted octanol–water partition coefficient (Wildman–Crippen LogP) is 1.61. The van der Waals surface area contributed by atoms with Gasteiger partial charge in [0.15, 0.2) is 0 Å². The third-order valence-corrected chi connectivity index (χ3v) is 3.61. The Bertz CT molecular complexity index is 441. The smallest absolute Gasteiger partial charge is 0.282 e. The van der Waals surface area contributed by atoms with E-state index in [0.29, 0.717) is 0 Å². The zero-order valence-corrected chi connectivity index (χ0v) is 9.88. The van der Waals surface area contributed by atoms with Gasteiger partial charge in [-0.1, -0.05) is 11.3 Å². The summed E-state index contributed by atoms with van der Waals surface area (Å²) in [4.78, 5) is 11.7. The lowest BCUT2D eigenvalue weighted by atomic mass is 10.1. The van der Waals surface area contributed by atoms with Crippen molar-refractivity contribution in [3.8, 4) is 6.07 Å². The summed E-state index contributed by atoms with van der Waals surface area (Å²) in [6.45, 7) is 0. The minimum absolute atomic E-state index is 0.0693. The van der Waals surface area contributed by atoms with Gasteiger partial charge in [-0.05, 0) is 30.9 Å². The van der Waals surface area contributed by atoms with Crippen LogP contribution in [0.25, 0.3) is 0 Å². The van der Waals surface area contributed by atoms with E-state index in [9.17, 15) is 4.79 Å². The predicted molar refractivity (Wildman–Crippen MR) is 59.1 cm³/mol. The summed E-state index contributed by atoms with van der Waals surface area (Å²) < 4.78 is 0.244. The molecule has 2 unspecified atom stereocenters. The van der Waals surface area contributed by atoms with Gasteiger partial charge in [-0.2, -0.15) is 5.26 Å². The maximum atomic E-state index is 11.7. The Morgan fingerprint density at radius 3 is 3.00 bits per heavy atom. The second kappa shape index (κ2) is 4.76. The quantitative estimate of drug-likeness (QED) is 0.872. The second-order valence-corrected chi connectivity index (χ2v) is 5.17. The lowest BCUT2D eigenvalue weighted by Crippen LogP contribution is -2.36. The van der Waals surface area contributed by atoms with Crippen molar-refractivity contribution in [1.29, 1.82) is 5.26 Å². The number of hydrogen-bond acceptors (Lipinski definition) is 5. The van der Waals surface area contributed by atoms with E-state index in [-0.39, 0.29) is 27.3 Å². The fourth-order valence-corrected chi connectivity index (χ4v) is 2.55. The summed E-state index contributed by atoms with van der Waals surface area (Å²) in [6, 6.07) is 2.13. The van der Waals surface area contributed by atoms with Gasteiger partial charge in [0.25, 0.3) is 5.91 Å². The molecule has 16 heavy (non-hydrogen) atoms. The molecule has 1 heterocycles. The maximum absolute atomic E-state index is 11.7. The van der Waals surface area contributed by atoms with Crippen LogP contribution in [-0.4, -0.2) is 22.1 Å². The number of nitriles is 1. The molecule has 0 aliphatic heterocycles. The van der Waals surface area contributed by atoms with Crippen LogP contribution in [0.4, 0.5) is 0 Å². The molecular weight excluding hydrogens is 248 g/mol. The molecule has 1 saturated carbocycles. The minimum atomic E-state index is -0.295. The van der Waals surface area contributed by atoms with Gasteiger partial charge in [-0.25, -0.2) is 0 Å². The number of hydrogen-bond donors (Lipinski definition) is 1.